The molecule has 0 saturated carbocycles. The molecule has 0 N–H and O–H groups in total. The maximum atomic E-state index is 10.0. The topological polar surface area (TPSA) is 17.1 Å². The van der Waals surface area contributed by atoms with Crippen molar-refractivity contribution >= 4 is 5.78 Å². The molecule has 0 saturated heterocycles. The zero-order valence-corrected chi connectivity index (χ0v) is 11.5. The summed E-state index contributed by atoms with van der Waals surface area (Å²) in [5.41, 5.74) is 2.03. The second-order valence-electron chi connectivity index (χ2n) is 3.58. The van der Waals surface area contributed by atoms with Crippen LogP contribution in [-0.2, 0) is 11.2 Å². The second kappa shape index (κ2) is 15.4. The van der Waals surface area contributed by atoms with Gasteiger partial charge in [0.25, 0.3) is 0 Å². The fraction of sp³-hybridized carbons (Fsp3) is 0.353. The third-order valence-corrected chi connectivity index (χ3v) is 1.85. The number of allylic oxidation sites excluding steroid dienone is 2. The monoisotopic (exact) mass is 248 g/mol. The number of benzene rings is 1. The Morgan fingerprint density at radius 2 is 1.56 bits per heavy atom. The number of hydrogen-bond donors (Lipinski definition) is 0. The van der Waals surface area contributed by atoms with Gasteiger partial charge in [-0.1, -0.05) is 57.3 Å². The van der Waals surface area contributed by atoms with Crippen molar-refractivity contribution in [2.75, 3.05) is 0 Å². The average Bonchev–Trinajstić information content (AvgIpc) is 2.32. The zero-order chi connectivity index (χ0) is 13.7. The molecule has 1 rings (SSSR count). The molecule has 0 amide bonds. The van der Waals surface area contributed by atoms with Crippen LogP contribution in [0.4, 0.5) is 0 Å². The Morgan fingerprint density at radius 1 is 1.22 bits per heavy atom. The summed E-state index contributed by atoms with van der Waals surface area (Å²) in [6.45, 7) is 14.0. The average molecular weight is 248 g/mol. The van der Waals surface area contributed by atoms with Gasteiger partial charge in [0.15, 0.2) is 5.78 Å². The van der Waals surface area contributed by atoms with E-state index in [2.05, 4.69) is 44.3 Å². The Kier molecular flexibility index (Phi) is 18.5. The van der Waals surface area contributed by atoms with Gasteiger partial charge in [0.1, 0.15) is 0 Å². The molecular weight excluding hydrogens is 220 g/mol. The maximum absolute atomic E-state index is 10.0. The third kappa shape index (κ3) is 16.8. The van der Waals surface area contributed by atoms with E-state index in [0.29, 0.717) is 5.57 Å². The smallest absolute Gasteiger partial charge is 0.154 e. The molecule has 0 radical (unpaired) electrons. The van der Waals surface area contributed by atoms with E-state index < -0.39 is 0 Å². The van der Waals surface area contributed by atoms with E-state index in [0.717, 1.165) is 6.42 Å². The molecule has 0 spiro atoms. The summed E-state index contributed by atoms with van der Waals surface area (Å²) in [6.07, 6.45) is 2.89. The van der Waals surface area contributed by atoms with Crippen molar-refractivity contribution in [1.82, 2.24) is 0 Å². The molecule has 102 valence electrons. The summed E-state index contributed by atoms with van der Waals surface area (Å²) >= 11 is 0. The molecule has 1 nitrogen and oxygen atoms in total. The lowest BCUT2D eigenvalue weighted by molar-refractivity contribution is -0.113. The molecule has 1 aromatic carbocycles. The number of rotatable bonds is 2. The molecule has 18 heavy (non-hydrogen) atoms. The van der Waals surface area contributed by atoms with E-state index in [-0.39, 0.29) is 13.2 Å². The SMILES string of the molecule is C.C=C(C)C(C)=O.C=CC.CCc1ccccc1. The lowest BCUT2D eigenvalue weighted by atomic mass is 10.2. The molecule has 0 bridgehead atoms. The van der Waals surface area contributed by atoms with Gasteiger partial charge in [-0.3, -0.25) is 4.79 Å². The number of carbonyl (C=O) groups excluding carboxylic acids is 1. The van der Waals surface area contributed by atoms with Crippen LogP contribution in [0.5, 0.6) is 0 Å². The molecular formula is C17H28O. The number of Topliss-reactive ketones (excluding diaryl/α,β-unsaturated/α-hetero) is 1. The first-order valence-electron chi connectivity index (χ1n) is 5.76. The van der Waals surface area contributed by atoms with E-state index in [1.807, 2.05) is 13.0 Å². The van der Waals surface area contributed by atoms with Crippen molar-refractivity contribution in [3.05, 3.63) is 60.7 Å². The van der Waals surface area contributed by atoms with Gasteiger partial charge in [-0.2, -0.15) is 0 Å². The van der Waals surface area contributed by atoms with Crippen LogP contribution >= 0.6 is 0 Å². The lowest BCUT2D eigenvalue weighted by Gasteiger charge is -1.89. The molecule has 0 heterocycles. The molecule has 0 aromatic heterocycles. The van der Waals surface area contributed by atoms with Crippen molar-refractivity contribution in [3.8, 4) is 0 Å². The molecule has 1 aromatic rings. The number of hydrogen-bond acceptors (Lipinski definition) is 1. The quantitative estimate of drug-likeness (QED) is 0.517. The normalized spacial score (nSPS) is 7.33. The van der Waals surface area contributed by atoms with Crippen molar-refractivity contribution in [2.24, 2.45) is 0 Å². The highest BCUT2D eigenvalue weighted by Gasteiger charge is 1.85. The van der Waals surface area contributed by atoms with E-state index in [9.17, 15) is 4.79 Å². The van der Waals surface area contributed by atoms with Crippen LogP contribution in [0.25, 0.3) is 0 Å². The lowest BCUT2D eigenvalue weighted by Crippen LogP contribution is -1.86. The van der Waals surface area contributed by atoms with Crippen LogP contribution < -0.4 is 0 Å². The van der Waals surface area contributed by atoms with Gasteiger partial charge in [0.05, 0.1) is 0 Å². The first kappa shape index (κ1) is 21.6. The van der Waals surface area contributed by atoms with Crippen LogP contribution in [-0.4, -0.2) is 5.78 Å². The van der Waals surface area contributed by atoms with E-state index >= 15 is 0 Å². The van der Waals surface area contributed by atoms with Gasteiger partial charge in [-0.05, 0) is 38.3 Å². The van der Waals surface area contributed by atoms with E-state index in [1.54, 1.807) is 13.0 Å². The van der Waals surface area contributed by atoms with Gasteiger partial charge in [-0.25, -0.2) is 0 Å². The van der Waals surface area contributed by atoms with Crippen molar-refractivity contribution in [1.29, 1.82) is 0 Å². The van der Waals surface area contributed by atoms with Crippen LogP contribution in [0.15, 0.2) is 55.1 Å². The standard InChI is InChI=1S/C8H10.C5H8O.C3H6.CH4/c1-2-8-6-4-3-5-7-8;1-4(2)5(3)6;1-3-2;/h3-7H,2H2,1H3;1H2,2-3H3;3H,1H2,2H3;1H4. The summed E-state index contributed by atoms with van der Waals surface area (Å²) in [5, 5.41) is 0. The summed E-state index contributed by atoms with van der Waals surface area (Å²) in [5.74, 6) is 0.0648. The molecule has 0 unspecified atom stereocenters. The molecule has 0 aliphatic heterocycles. The minimum absolute atomic E-state index is 0. The highest BCUT2D eigenvalue weighted by Crippen LogP contribution is 1.96. The van der Waals surface area contributed by atoms with Gasteiger partial charge >= 0.3 is 0 Å². The van der Waals surface area contributed by atoms with E-state index in [1.165, 1.54) is 12.5 Å². The van der Waals surface area contributed by atoms with Crippen LogP contribution in [0.1, 0.15) is 40.7 Å². The summed E-state index contributed by atoms with van der Waals surface area (Å²) in [4.78, 5) is 10.0. The minimum Gasteiger partial charge on any atom is -0.295 e. The van der Waals surface area contributed by atoms with E-state index in [4.69, 9.17) is 0 Å². The first-order valence-corrected chi connectivity index (χ1v) is 5.76. The van der Waals surface area contributed by atoms with Crippen LogP contribution in [0.3, 0.4) is 0 Å². The summed E-state index contributed by atoms with van der Waals surface area (Å²) in [7, 11) is 0. The highest BCUT2D eigenvalue weighted by molar-refractivity contribution is 5.91. The van der Waals surface area contributed by atoms with Crippen molar-refractivity contribution in [2.45, 2.75) is 41.5 Å². The third-order valence-electron chi connectivity index (χ3n) is 1.85. The van der Waals surface area contributed by atoms with Crippen LogP contribution in [0.2, 0.25) is 0 Å². The van der Waals surface area contributed by atoms with Crippen LogP contribution in [0, 0.1) is 0 Å². The molecule has 0 atom stereocenters. The Labute approximate surface area is 113 Å². The van der Waals surface area contributed by atoms with Gasteiger partial charge in [0, 0.05) is 0 Å². The van der Waals surface area contributed by atoms with Crippen molar-refractivity contribution < 1.29 is 4.79 Å². The van der Waals surface area contributed by atoms with Gasteiger partial charge < -0.3 is 0 Å². The highest BCUT2D eigenvalue weighted by atomic mass is 16.1. The Morgan fingerprint density at radius 3 is 1.72 bits per heavy atom. The molecule has 0 fully saturated rings. The number of aryl methyl sites for hydroxylation is 1. The predicted octanol–water partition coefficient (Wildman–Crippen LogP) is 5.23. The van der Waals surface area contributed by atoms with Gasteiger partial charge in [-0.15, -0.1) is 6.58 Å². The van der Waals surface area contributed by atoms with Gasteiger partial charge in [0.2, 0.25) is 0 Å². The molecule has 0 aliphatic carbocycles. The summed E-state index contributed by atoms with van der Waals surface area (Å²) in [6, 6.07) is 10.5. The Bertz CT molecular complexity index is 311. The second-order valence-corrected chi connectivity index (χ2v) is 3.58. The summed E-state index contributed by atoms with van der Waals surface area (Å²) < 4.78 is 0. The fourth-order valence-corrected chi connectivity index (χ4v) is 0.714. The Balaban J connectivity index is -0.000000202. The molecule has 0 aliphatic rings. The number of ketones is 1. The fourth-order valence-electron chi connectivity index (χ4n) is 0.714. The minimum atomic E-state index is 0. The van der Waals surface area contributed by atoms with Crippen molar-refractivity contribution in [3.63, 3.8) is 0 Å². The maximum Gasteiger partial charge on any atom is 0.154 e. The number of carbonyl (C=O) groups is 1. The largest absolute Gasteiger partial charge is 0.295 e. The predicted molar refractivity (Wildman–Crippen MR) is 83.9 cm³/mol. The Hall–Kier alpha value is -1.63. The first-order chi connectivity index (χ1) is 7.99. The zero-order valence-electron chi connectivity index (χ0n) is 11.5. The molecule has 1 heteroatoms.